The summed E-state index contributed by atoms with van der Waals surface area (Å²) < 4.78 is 13.6. The molecule has 1 aromatic heterocycles. The van der Waals surface area contributed by atoms with Gasteiger partial charge in [-0.3, -0.25) is 10.00 Å². The molecule has 0 bridgehead atoms. The predicted octanol–water partition coefficient (Wildman–Crippen LogP) is 4.12. The van der Waals surface area contributed by atoms with Crippen molar-refractivity contribution in [2.75, 3.05) is 20.3 Å². The Balaban J connectivity index is 1.60. The number of H-pyrrole nitrogens is 1. The van der Waals surface area contributed by atoms with E-state index in [1.54, 1.807) is 13.2 Å². The van der Waals surface area contributed by atoms with E-state index in [1.807, 2.05) is 35.0 Å². The van der Waals surface area contributed by atoms with Crippen LogP contribution in [0.2, 0.25) is 5.02 Å². The molecule has 2 aromatic carbocycles. The topological polar surface area (TPSA) is 55.3 Å². The van der Waals surface area contributed by atoms with E-state index in [4.69, 9.17) is 33.3 Å². The van der Waals surface area contributed by atoms with Gasteiger partial charge in [-0.2, -0.15) is 4.98 Å². The lowest BCUT2D eigenvalue weighted by Crippen LogP contribution is -2.28. The van der Waals surface area contributed by atoms with E-state index < -0.39 is 0 Å². The summed E-state index contributed by atoms with van der Waals surface area (Å²) in [4.78, 5) is 6.75. The summed E-state index contributed by atoms with van der Waals surface area (Å²) in [5, 5.41) is 3.88. The van der Waals surface area contributed by atoms with Crippen molar-refractivity contribution in [2.45, 2.75) is 13.2 Å². The predicted molar refractivity (Wildman–Crippen MR) is 107 cm³/mol. The second-order valence-electron chi connectivity index (χ2n) is 6.28. The Morgan fingerprint density at radius 1 is 1.30 bits per heavy atom. The molecular formula is C19H19ClN4O2S. The van der Waals surface area contributed by atoms with Crippen molar-refractivity contribution < 1.29 is 9.47 Å². The third kappa shape index (κ3) is 3.85. The lowest BCUT2D eigenvalue weighted by Gasteiger charge is -2.19. The lowest BCUT2D eigenvalue weighted by atomic mass is 10.2. The number of benzene rings is 2. The molecule has 0 aliphatic carbocycles. The van der Waals surface area contributed by atoms with Crippen LogP contribution in [0.4, 0.5) is 0 Å². The van der Waals surface area contributed by atoms with Gasteiger partial charge in [-0.1, -0.05) is 29.8 Å². The molecule has 140 valence electrons. The maximum absolute atomic E-state index is 6.14. The molecule has 8 heteroatoms. The van der Waals surface area contributed by atoms with E-state index >= 15 is 0 Å². The number of nitrogens with zero attached hydrogens (tertiary/aromatic N) is 3. The number of para-hydroxylation sites is 1. The number of methoxy groups -OCH3 is 1. The standard InChI is InChI=1S/C19H19ClN4O2S/c1-25-17-7-6-14(20)10-15(17)18-21-19(27)24(22-18)12-23-8-9-26-16-5-3-2-4-13(16)11-23/h2-7,10H,8-9,11-12H2,1H3,(H,21,22,27). The maximum atomic E-state index is 6.14. The summed E-state index contributed by atoms with van der Waals surface area (Å²) in [7, 11) is 1.62. The Morgan fingerprint density at radius 3 is 3.00 bits per heavy atom. The molecule has 0 amide bonds. The molecule has 0 atom stereocenters. The third-order valence-electron chi connectivity index (χ3n) is 4.47. The van der Waals surface area contributed by atoms with Crippen LogP contribution in [0.15, 0.2) is 42.5 Å². The molecule has 0 unspecified atom stereocenters. The van der Waals surface area contributed by atoms with E-state index in [0.29, 0.717) is 34.6 Å². The van der Waals surface area contributed by atoms with Crippen LogP contribution in [0, 0.1) is 4.77 Å². The number of nitrogens with one attached hydrogen (secondary N) is 1. The van der Waals surface area contributed by atoms with Crippen LogP contribution < -0.4 is 9.47 Å². The fourth-order valence-corrected chi connectivity index (χ4v) is 3.51. The molecule has 1 aliphatic heterocycles. The molecule has 3 aromatic rings. The van der Waals surface area contributed by atoms with E-state index in [2.05, 4.69) is 21.0 Å². The van der Waals surface area contributed by atoms with Crippen molar-refractivity contribution in [2.24, 2.45) is 0 Å². The smallest absolute Gasteiger partial charge is 0.217 e. The average molecular weight is 403 g/mol. The first-order chi connectivity index (χ1) is 13.1. The van der Waals surface area contributed by atoms with E-state index in [9.17, 15) is 0 Å². The number of hydrogen-bond acceptors (Lipinski definition) is 5. The molecule has 1 aliphatic rings. The summed E-state index contributed by atoms with van der Waals surface area (Å²) in [5.74, 6) is 2.26. The molecule has 0 fully saturated rings. The highest BCUT2D eigenvalue weighted by Gasteiger charge is 2.17. The Hall–Kier alpha value is -2.35. The van der Waals surface area contributed by atoms with Crippen LogP contribution in [0.3, 0.4) is 0 Å². The quantitative estimate of drug-likeness (QED) is 0.665. The van der Waals surface area contributed by atoms with Gasteiger partial charge in [0.05, 0.1) is 19.3 Å². The zero-order chi connectivity index (χ0) is 18.8. The third-order valence-corrected chi connectivity index (χ3v) is 5.02. The molecule has 0 spiro atoms. The number of halogens is 1. The number of aromatic nitrogens is 3. The first kappa shape index (κ1) is 18.0. The van der Waals surface area contributed by atoms with Crippen molar-refractivity contribution in [3.8, 4) is 22.9 Å². The summed E-state index contributed by atoms with van der Waals surface area (Å²) in [6, 6.07) is 13.5. The van der Waals surface area contributed by atoms with Crippen LogP contribution in [-0.2, 0) is 13.2 Å². The Bertz CT molecular complexity index is 1020. The number of ether oxygens (including phenoxy) is 2. The summed E-state index contributed by atoms with van der Waals surface area (Å²) >= 11 is 11.6. The summed E-state index contributed by atoms with van der Waals surface area (Å²) in [5.41, 5.74) is 1.94. The first-order valence-corrected chi connectivity index (χ1v) is 9.36. The van der Waals surface area contributed by atoms with Gasteiger partial charge < -0.3 is 9.47 Å². The highest BCUT2D eigenvalue weighted by molar-refractivity contribution is 7.71. The zero-order valence-electron chi connectivity index (χ0n) is 14.8. The molecule has 1 N–H and O–H groups in total. The highest BCUT2D eigenvalue weighted by Crippen LogP contribution is 2.30. The van der Waals surface area contributed by atoms with Crippen molar-refractivity contribution in [1.29, 1.82) is 0 Å². The molecule has 0 radical (unpaired) electrons. The van der Waals surface area contributed by atoms with Gasteiger partial charge >= 0.3 is 0 Å². The van der Waals surface area contributed by atoms with Gasteiger partial charge in [0.25, 0.3) is 0 Å². The minimum atomic E-state index is 0.477. The SMILES string of the molecule is COc1ccc(Cl)cc1-c1nc(=S)n(CN2CCOc3ccccc3C2)[nH]1. The molecule has 0 saturated heterocycles. The molecule has 4 rings (SSSR count). The Morgan fingerprint density at radius 2 is 2.15 bits per heavy atom. The molecule has 2 heterocycles. The van der Waals surface area contributed by atoms with Crippen molar-refractivity contribution in [3.63, 3.8) is 0 Å². The van der Waals surface area contributed by atoms with Crippen molar-refractivity contribution >= 4 is 23.8 Å². The number of hydrogen-bond donors (Lipinski definition) is 1. The second kappa shape index (κ2) is 7.72. The summed E-state index contributed by atoms with van der Waals surface area (Å²) in [6.45, 7) is 2.80. The normalized spacial score (nSPS) is 14.3. The van der Waals surface area contributed by atoms with Gasteiger partial charge in [0.1, 0.15) is 18.1 Å². The highest BCUT2D eigenvalue weighted by atomic mass is 35.5. The van der Waals surface area contributed by atoms with Crippen molar-refractivity contribution in [3.05, 3.63) is 57.8 Å². The summed E-state index contributed by atoms with van der Waals surface area (Å²) in [6.07, 6.45) is 0. The van der Waals surface area contributed by atoms with Gasteiger partial charge in [0.15, 0.2) is 5.82 Å². The van der Waals surface area contributed by atoms with Crippen LogP contribution in [0.5, 0.6) is 11.5 Å². The van der Waals surface area contributed by atoms with Crippen LogP contribution in [-0.4, -0.2) is 39.9 Å². The monoisotopic (exact) mass is 402 g/mol. The molecule has 27 heavy (non-hydrogen) atoms. The average Bonchev–Trinajstić information content (AvgIpc) is 2.90. The van der Waals surface area contributed by atoms with E-state index in [1.165, 1.54) is 0 Å². The second-order valence-corrected chi connectivity index (χ2v) is 7.08. The minimum absolute atomic E-state index is 0.477. The van der Waals surface area contributed by atoms with Gasteiger partial charge in [0.2, 0.25) is 4.77 Å². The van der Waals surface area contributed by atoms with Crippen LogP contribution in [0.25, 0.3) is 11.4 Å². The first-order valence-electron chi connectivity index (χ1n) is 8.58. The van der Waals surface area contributed by atoms with Crippen molar-refractivity contribution in [1.82, 2.24) is 19.7 Å². The largest absolute Gasteiger partial charge is 0.496 e. The van der Waals surface area contributed by atoms with Gasteiger partial charge in [-0.05, 0) is 36.5 Å². The number of fused-ring (bicyclic) bond motifs is 1. The van der Waals surface area contributed by atoms with E-state index in [-0.39, 0.29) is 0 Å². The fraction of sp³-hybridized carbons (Fsp3) is 0.263. The zero-order valence-corrected chi connectivity index (χ0v) is 16.4. The Labute approximate surface area is 167 Å². The van der Waals surface area contributed by atoms with Gasteiger partial charge in [-0.25, -0.2) is 4.68 Å². The van der Waals surface area contributed by atoms with Crippen LogP contribution >= 0.6 is 23.8 Å². The lowest BCUT2D eigenvalue weighted by molar-refractivity contribution is 0.177. The fourth-order valence-electron chi connectivity index (χ4n) is 3.14. The molecule has 6 nitrogen and oxygen atoms in total. The van der Waals surface area contributed by atoms with E-state index in [0.717, 1.165) is 30.0 Å². The molecule has 0 saturated carbocycles. The maximum Gasteiger partial charge on any atom is 0.217 e. The minimum Gasteiger partial charge on any atom is -0.496 e. The number of aromatic amines is 1. The van der Waals surface area contributed by atoms with Gasteiger partial charge in [0, 0.05) is 23.7 Å². The Kier molecular flexibility index (Phi) is 5.15. The molecular weight excluding hydrogens is 384 g/mol. The van der Waals surface area contributed by atoms with Crippen LogP contribution in [0.1, 0.15) is 5.56 Å². The number of rotatable bonds is 4. The van der Waals surface area contributed by atoms with Gasteiger partial charge in [-0.15, -0.1) is 0 Å².